The van der Waals surface area contributed by atoms with Gasteiger partial charge in [0.15, 0.2) is 0 Å². The number of aromatic nitrogens is 2. The SMILES string of the molecule is C=CC(C)(C)C(NC(=O)O)c1ncc(-c2cc(F)ccc2F)[nH]1. The summed E-state index contributed by atoms with van der Waals surface area (Å²) in [5.41, 5.74) is -0.364. The molecule has 2 aromatic rings. The van der Waals surface area contributed by atoms with Gasteiger partial charge in [0, 0.05) is 11.0 Å². The van der Waals surface area contributed by atoms with Crippen LogP contribution in [0.4, 0.5) is 13.6 Å². The Kier molecular flexibility index (Phi) is 4.49. The smallest absolute Gasteiger partial charge is 0.405 e. The van der Waals surface area contributed by atoms with Gasteiger partial charge in [0.2, 0.25) is 0 Å². The third kappa shape index (κ3) is 3.56. The van der Waals surface area contributed by atoms with Gasteiger partial charge >= 0.3 is 6.09 Å². The summed E-state index contributed by atoms with van der Waals surface area (Å²) in [6.07, 6.45) is 1.71. The Morgan fingerprint density at radius 1 is 1.48 bits per heavy atom. The minimum atomic E-state index is -1.22. The van der Waals surface area contributed by atoms with Crippen LogP contribution in [-0.4, -0.2) is 21.2 Å². The monoisotopic (exact) mass is 321 g/mol. The highest BCUT2D eigenvalue weighted by molar-refractivity contribution is 5.65. The predicted octanol–water partition coefficient (Wildman–Crippen LogP) is 3.88. The summed E-state index contributed by atoms with van der Waals surface area (Å²) in [6, 6.07) is 2.37. The molecule has 0 saturated carbocycles. The van der Waals surface area contributed by atoms with E-state index in [9.17, 15) is 13.6 Å². The van der Waals surface area contributed by atoms with Crippen LogP contribution in [0.15, 0.2) is 37.1 Å². The second kappa shape index (κ2) is 6.20. The maximum absolute atomic E-state index is 13.8. The third-order valence-electron chi connectivity index (χ3n) is 3.63. The van der Waals surface area contributed by atoms with Crippen molar-refractivity contribution in [3.05, 3.63) is 54.5 Å². The molecule has 122 valence electrons. The number of H-pyrrole nitrogens is 1. The van der Waals surface area contributed by atoms with Crippen molar-refractivity contribution in [1.29, 1.82) is 0 Å². The summed E-state index contributed by atoms with van der Waals surface area (Å²) in [5.74, 6) is -0.896. The number of imidazole rings is 1. The number of nitrogens with one attached hydrogen (secondary N) is 2. The molecule has 1 amide bonds. The lowest BCUT2D eigenvalue weighted by atomic mass is 9.84. The number of aromatic amines is 1. The van der Waals surface area contributed by atoms with E-state index in [0.29, 0.717) is 0 Å². The standard InChI is InChI=1S/C16H17F2N3O2/c1-4-16(2,3)13(21-15(22)23)14-19-8-12(20-14)10-7-9(17)5-6-11(10)18/h4-8,13,21H,1H2,2-3H3,(H,19,20)(H,22,23). The summed E-state index contributed by atoms with van der Waals surface area (Å²) in [6.45, 7) is 7.26. The molecule has 3 N–H and O–H groups in total. The topological polar surface area (TPSA) is 78.0 Å². The van der Waals surface area contributed by atoms with Gasteiger partial charge < -0.3 is 15.4 Å². The highest BCUT2D eigenvalue weighted by atomic mass is 19.1. The number of benzene rings is 1. The molecular weight excluding hydrogens is 304 g/mol. The van der Waals surface area contributed by atoms with E-state index in [1.807, 2.05) is 0 Å². The van der Waals surface area contributed by atoms with E-state index >= 15 is 0 Å². The lowest BCUT2D eigenvalue weighted by molar-refractivity contribution is 0.178. The van der Waals surface area contributed by atoms with Crippen molar-refractivity contribution in [1.82, 2.24) is 15.3 Å². The molecular formula is C16H17F2N3O2. The molecule has 0 aliphatic carbocycles. The minimum absolute atomic E-state index is 0.0224. The fourth-order valence-corrected chi connectivity index (χ4v) is 2.17. The second-order valence-corrected chi connectivity index (χ2v) is 5.71. The van der Waals surface area contributed by atoms with Crippen LogP contribution in [0.25, 0.3) is 11.3 Å². The van der Waals surface area contributed by atoms with E-state index in [1.54, 1.807) is 19.9 Å². The molecule has 1 unspecified atom stereocenters. The van der Waals surface area contributed by atoms with Crippen molar-refractivity contribution >= 4 is 6.09 Å². The van der Waals surface area contributed by atoms with Gasteiger partial charge in [-0.1, -0.05) is 19.9 Å². The largest absolute Gasteiger partial charge is 0.465 e. The summed E-state index contributed by atoms with van der Waals surface area (Å²) >= 11 is 0. The Morgan fingerprint density at radius 2 is 2.17 bits per heavy atom. The highest BCUT2D eigenvalue weighted by Crippen LogP contribution is 2.34. The first-order valence-corrected chi connectivity index (χ1v) is 6.88. The van der Waals surface area contributed by atoms with E-state index in [2.05, 4.69) is 21.9 Å². The van der Waals surface area contributed by atoms with Crippen LogP contribution in [0.5, 0.6) is 0 Å². The molecule has 0 aliphatic heterocycles. The number of carbonyl (C=O) groups is 1. The number of rotatable bonds is 5. The fraction of sp³-hybridized carbons (Fsp3) is 0.250. The van der Waals surface area contributed by atoms with Gasteiger partial charge in [-0.3, -0.25) is 0 Å². The molecule has 1 heterocycles. The Hall–Kier alpha value is -2.70. The van der Waals surface area contributed by atoms with E-state index in [4.69, 9.17) is 5.11 Å². The zero-order valence-corrected chi connectivity index (χ0v) is 12.7. The van der Waals surface area contributed by atoms with Crippen LogP contribution in [0.3, 0.4) is 0 Å². The third-order valence-corrected chi connectivity index (χ3v) is 3.63. The molecule has 7 heteroatoms. The van der Waals surface area contributed by atoms with Crippen molar-refractivity contribution in [2.24, 2.45) is 5.41 Å². The molecule has 0 fully saturated rings. The molecule has 0 spiro atoms. The Morgan fingerprint density at radius 3 is 2.78 bits per heavy atom. The van der Waals surface area contributed by atoms with Crippen LogP contribution >= 0.6 is 0 Å². The fourth-order valence-electron chi connectivity index (χ4n) is 2.17. The molecule has 1 atom stereocenters. The van der Waals surface area contributed by atoms with Gasteiger partial charge in [0.05, 0.1) is 17.9 Å². The highest BCUT2D eigenvalue weighted by Gasteiger charge is 2.32. The minimum Gasteiger partial charge on any atom is -0.465 e. The number of hydrogen-bond acceptors (Lipinski definition) is 2. The van der Waals surface area contributed by atoms with Crippen LogP contribution in [0, 0.1) is 17.0 Å². The number of nitrogens with zero attached hydrogens (tertiary/aromatic N) is 1. The molecule has 0 aliphatic rings. The van der Waals surface area contributed by atoms with Crippen molar-refractivity contribution in [3.63, 3.8) is 0 Å². The lowest BCUT2D eigenvalue weighted by Gasteiger charge is -2.29. The van der Waals surface area contributed by atoms with Gasteiger partial charge in [-0.15, -0.1) is 6.58 Å². The van der Waals surface area contributed by atoms with E-state index in [0.717, 1.165) is 18.2 Å². The van der Waals surface area contributed by atoms with E-state index in [-0.39, 0.29) is 17.1 Å². The van der Waals surface area contributed by atoms with Gasteiger partial charge in [-0.25, -0.2) is 18.6 Å². The Balaban J connectivity index is 2.44. The number of carboxylic acid groups (broad SMARTS) is 1. The van der Waals surface area contributed by atoms with Gasteiger partial charge in [0.25, 0.3) is 0 Å². The van der Waals surface area contributed by atoms with Crippen molar-refractivity contribution in [2.45, 2.75) is 19.9 Å². The summed E-state index contributed by atoms with van der Waals surface area (Å²) in [5, 5.41) is 11.4. The number of halogens is 2. The summed E-state index contributed by atoms with van der Waals surface area (Å²) < 4.78 is 27.1. The van der Waals surface area contributed by atoms with E-state index in [1.165, 1.54) is 6.20 Å². The molecule has 2 rings (SSSR count). The van der Waals surface area contributed by atoms with Crippen LogP contribution in [0.1, 0.15) is 25.7 Å². The maximum Gasteiger partial charge on any atom is 0.405 e. The summed E-state index contributed by atoms with van der Waals surface area (Å²) in [4.78, 5) is 18.0. The predicted molar refractivity (Wildman–Crippen MR) is 81.8 cm³/mol. The molecule has 1 aromatic heterocycles. The quantitative estimate of drug-likeness (QED) is 0.731. The Labute approximate surface area is 132 Å². The second-order valence-electron chi connectivity index (χ2n) is 5.71. The van der Waals surface area contributed by atoms with Crippen molar-refractivity contribution in [2.75, 3.05) is 0 Å². The molecule has 5 nitrogen and oxygen atoms in total. The molecule has 1 aromatic carbocycles. The van der Waals surface area contributed by atoms with Gasteiger partial charge in [-0.05, 0) is 18.2 Å². The first kappa shape index (κ1) is 16.7. The van der Waals surface area contributed by atoms with Crippen molar-refractivity contribution in [3.8, 4) is 11.3 Å². The van der Waals surface area contributed by atoms with Crippen LogP contribution in [0.2, 0.25) is 0 Å². The Bertz CT molecular complexity index is 741. The van der Waals surface area contributed by atoms with Gasteiger partial charge in [-0.2, -0.15) is 0 Å². The zero-order chi connectivity index (χ0) is 17.2. The lowest BCUT2D eigenvalue weighted by Crippen LogP contribution is -2.37. The number of amides is 1. The van der Waals surface area contributed by atoms with Gasteiger partial charge in [0.1, 0.15) is 17.5 Å². The molecule has 0 saturated heterocycles. The molecule has 0 radical (unpaired) electrons. The molecule has 0 bridgehead atoms. The first-order chi connectivity index (χ1) is 10.7. The zero-order valence-electron chi connectivity index (χ0n) is 12.7. The molecule has 23 heavy (non-hydrogen) atoms. The first-order valence-electron chi connectivity index (χ1n) is 6.88. The van der Waals surface area contributed by atoms with Crippen molar-refractivity contribution < 1.29 is 18.7 Å². The average Bonchev–Trinajstić information content (AvgIpc) is 2.96. The normalized spacial score (nSPS) is 12.7. The summed E-state index contributed by atoms with van der Waals surface area (Å²) in [7, 11) is 0. The van der Waals surface area contributed by atoms with Crippen LogP contribution in [-0.2, 0) is 0 Å². The van der Waals surface area contributed by atoms with Crippen LogP contribution < -0.4 is 5.32 Å². The van der Waals surface area contributed by atoms with E-state index < -0.39 is 29.2 Å². The number of hydrogen-bond donors (Lipinski definition) is 3. The average molecular weight is 321 g/mol. The maximum atomic E-state index is 13.8.